The Hall–Kier alpha value is -2.22. The van der Waals surface area contributed by atoms with E-state index >= 15 is 0 Å². The number of methoxy groups -OCH3 is 1. The molecule has 0 N–H and O–H groups in total. The summed E-state index contributed by atoms with van der Waals surface area (Å²) >= 11 is 0. The van der Waals surface area contributed by atoms with E-state index in [4.69, 9.17) is 19.5 Å². The smallest absolute Gasteiger partial charge is 0.305 e. The quantitative estimate of drug-likeness (QED) is 0.516. The maximum absolute atomic E-state index is 11.1. The molecule has 0 aromatic heterocycles. The largest absolute Gasteiger partial charge is 0.493 e. The molecule has 0 unspecified atom stereocenters. The highest BCUT2D eigenvalue weighted by Gasteiger charge is 2.06. The van der Waals surface area contributed by atoms with Crippen LogP contribution in [0.5, 0.6) is 11.5 Å². The van der Waals surface area contributed by atoms with Gasteiger partial charge in [0.15, 0.2) is 11.5 Å². The third-order valence-electron chi connectivity index (χ3n) is 2.88. The van der Waals surface area contributed by atoms with Gasteiger partial charge in [0.2, 0.25) is 0 Å². The zero-order valence-corrected chi connectivity index (χ0v) is 12.6. The number of hydrogen-bond acceptors (Lipinski definition) is 5. The molecule has 0 saturated carbocycles. The number of unbranched alkanes of at least 4 members (excludes halogenated alkanes) is 2. The molecule has 0 heterocycles. The fourth-order valence-electron chi connectivity index (χ4n) is 1.82. The molecule has 114 valence electrons. The van der Waals surface area contributed by atoms with E-state index in [-0.39, 0.29) is 5.97 Å². The van der Waals surface area contributed by atoms with Gasteiger partial charge in [-0.3, -0.25) is 4.79 Å². The molecule has 1 aromatic carbocycles. The maximum Gasteiger partial charge on any atom is 0.305 e. The second kappa shape index (κ2) is 9.65. The van der Waals surface area contributed by atoms with Crippen molar-refractivity contribution in [3.8, 4) is 17.6 Å². The minimum Gasteiger partial charge on any atom is -0.493 e. The maximum atomic E-state index is 11.1. The average Bonchev–Trinajstić information content (AvgIpc) is 2.51. The second-order valence-electron chi connectivity index (χ2n) is 4.44. The molecule has 0 aliphatic rings. The fourth-order valence-corrected chi connectivity index (χ4v) is 1.82. The Kier molecular flexibility index (Phi) is 7.73. The van der Waals surface area contributed by atoms with Crippen LogP contribution < -0.4 is 9.47 Å². The first kappa shape index (κ1) is 16.8. The molecule has 0 bridgehead atoms. The van der Waals surface area contributed by atoms with Crippen LogP contribution in [0.1, 0.15) is 38.2 Å². The van der Waals surface area contributed by atoms with Crippen LogP contribution >= 0.6 is 0 Å². The highest BCUT2D eigenvalue weighted by molar-refractivity contribution is 5.69. The molecular weight excluding hydrogens is 270 g/mol. The lowest BCUT2D eigenvalue weighted by Gasteiger charge is -2.10. The van der Waals surface area contributed by atoms with Crippen LogP contribution in [-0.4, -0.2) is 26.3 Å². The SMILES string of the molecule is CCOC(=O)CCCCCOc1ccc(C#N)cc1OC. The molecule has 5 nitrogen and oxygen atoms in total. The molecule has 1 rings (SSSR count). The van der Waals surface area contributed by atoms with Gasteiger partial charge < -0.3 is 14.2 Å². The van der Waals surface area contributed by atoms with Crippen molar-refractivity contribution in [2.45, 2.75) is 32.6 Å². The number of nitrogens with zero attached hydrogens (tertiary/aromatic N) is 1. The minimum atomic E-state index is -0.146. The van der Waals surface area contributed by atoms with Crippen LogP contribution in [0.3, 0.4) is 0 Å². The number of ether oxygens (including phenoxy) is 3. The van der Waals surface area contributed by atoms with E-state index in [0.29, 0.717) is 36.7 Å². The third-order valence-corrected chi connectivity index (χ3v) is 2.88. The molecule has 0 saturated heterocycles. The molecule has 0 fully saturated rings. The van der Waals surface area contributed by atoms with Crippen LogP contribution in [0.25, 0.3) is 0 Å². The van der Waals surface area contributed by atoms with Gasteiger partial charge in [-0.25, -0.2) is 0 Å². The van der Waals surface area contributed by atoms with Crippen molar-refractivity contribution in [3.05, 3.63) is 23.8 Å². The summed E-state index contributed by atoms with van der Waals surface area (Å²) in [6.07, 6.45) is 3.00. The number of esters is 1. The summed E-state index contributed by atoms with van der Waals surface area (Å²) in [4.78, 5) is 11.1. The summed E-state index contributed by atoms with van der Waals surface area (Å²) in [5.41, 5.74) is 0.536. The molecule has 0 atom stereocenters. The first-order valence-corrected chi connectivity index (χ1v) is 7.07. The summed E-state index contributed by atoms with van der Waals surface area (Å²) in [6.45, 7) is 2.78. The Morgan fingerprint density at radius 1 is 1.24 bits per heavy atom. The molecule has 0 aliphatic heterocycles. The van der Waals surface area contributed by atoms with E-state index in [2.05, 4.69) is 6.07 Å². The lowest BCUT2D eigenvalue weighted by Crippen LogP contribution is -2.04. The molecule has 21 heavy (non-hydrogen) atoms. The van der Waals surface area contributed by atoms with Crippen molar-refractivity contribution in [3.63, 3.8) is 0 Å². The number of rotatable bonds is 9. The summed E-state index contributed by atoms with van der Waals surface area (Å²) in [6, 6.07) is 7.13. The van der Waals surface area contributed by atoms with Crippen LogP contribution in [-0.2, 0) is 9.53 Å². The number of nitriles is 1. The topological polar surface area (TPSA) is 68.5 Å². The van der Waals surface area contributed by atoms with Crippen molar-refractivity contribution in [1.29, 1.82) is 5.26 Å². The Morgan fingerprint density at radius 2 is 2.05 bits per heavy atom. The van der Waals surface area contributed by atoms with E-state index < -0.39 is 0 Å². The Morgan fingerprint density at radius 3 is 2.71 bits per heavy atom. The van der Waals surface area contributed by atoms with Gasteiger partial charge >= 0.3 is 5.97 Å². The molecule has 5 heteroatoms. The van der Waals surface area contributed by atoms with Gasteiger partial charge in [0.1, 0.15) is 0 Å². The predicted octanol–water partition coefficient (Wildman–Crippen LogP) is 3.07. The number of hydrogen-bond donors (Lipinski definition) is 0. The minimum absolute atomic E-state index is 0.146. The van der Waals surface area contributed by atoms with Crippen LogP contribution in [0.4, 0.5) is 0 Å². The molecule has 0 amide bonds. The Bertz CT molecular complexity index is 494. The normalized spacial score (nSPS) is 9.76. The number of carbonyl (C=O) groups excluding carboxylic acids is 1. The van der Waals surface area contributed by atoms with Gasteiger partial charge in [0.05, 0.1) is 32.0 Å². The number of benzene rings is 1. The van der Waals surface area contributed by atoms with Crippen molar-refractivity contribution >= 4 is 5.97 Å². The zero-order valence-electron chi connectivity index (χ0n) is 12.6. The average molecular weight is 291 g/mol. The molecule has 1 aromatic rings. The zero-order chi connectivity index (χ0) is 15.5. The molecule has 0 spiro atoms. The van der Waals surface area contributed by atoms with Gasteiger partial charge in [-0.2, -0.15) is 5.26 Å². The molecular formula is C16H21NO4. The Labute approximate surface area is 125 Å². The van der Waals surface area contributed by atoms with Gasteiger partial charge in [0, 0.05) is 12.5 Å². The van der Waals surface area contributed by atoms with Crippen molar-refractivity contribution in [1.82, 2.24) is 0 Å². The van der Waals surface area contributed by atoms with Crippen molar-refractivity contribution in [2.24, 2.45) is 0 Å². The highest BCUT2D eigenvalue weighted by Crippen LogP contribution is 2.27. The first-order valence-electron chi connectivity index (χ1n) is 7.07. The monoisotopic (exact) mass is 291 g/mol. The summed E-state index contributed by atoms with van der Waals surface area (Å²) in [5.74, 6) is 1.04. The van der Waals surface area contributed by atoms with Gasteiger partial charge in [-0.1, -0.05) is 0 Å². The molecule has 0 aliphatic carbocycles. The summed E-state index contributed by atoms with van der Waals surface area (Å²) < 4.78 is 15.7. The summed E-state index contributed by atoms with van der Waals surface area (Å²) in [7, 11) is 1.54. The van der Waals surface area contributed by atoms with E-state index in [1.54, 1.807) is 32.2 Å². The predicted molar refractivity (Wildman–Crippen MR) is 78.3 cm³/mol. The lowest BCUT2D eigenvalue weighted by molar-refractivity contribution is -0.143. The van der Waals surface area contributed by atoms with Crippen LogP contribution in [0.15, 0.2) is 18.2 Å². The first-order chi connectivity index (χ1) is 10.2. The lowest BCUT2D eigenvalue weighted by atomic mass is 10.2. The van der Waals surface area contributed by atoms with Crippen LogP contribution in [0.2, 0.25) is 0 Å². The van der Waals surface area contributed by atoms with Crippen LogP contribution in [0, 0.1) is 11.3 Å². The number of carbonyl (C=O) groups is 1. The van der Waals surface area contributed by atoms with Crippen molar-refractivity contribution < 1.29 is 19.0 Å². The fraction of sp³-hybridized carbons (Fsp3) is 0.500. The highest BCUT2D eigenvalue weighted by atomic mass is 16.5. The summed E-state index contributed by atoms with van der Waals surface area (Å²) in [5, 5.41) is 8.82. The van der Waals surface area contributed by atoms with E-state index in [9.17, 15) is 4.79 Å². The standard InChI is InChI=1S/C16H21NO4/c1-3-20-16(18)7-5-4-6-10-21-14-9-8-13(12-17)11-15(14)19-2/h8-9,11H,3-7,10H2,1-2H3. The van der Waals surface area contributed by atoms with Gasteiger partial charge in [0.25, 0.3) is 0 Å². The van der Waals surface area contributed by atoms with Gasteiger partial charge in [-0.15, -0.1) is 0 Å². The van der Waals surface area contributed by atoms with E-state index in [1.165, 1.54) is 0 Å². The van der Waals surface area contributed by atoms with E-state index in [0.717, 1.165) is 19.3 Å². The van der Waals surface area contributed by atoms with E-state index in [1.807, 2.05) is 0 Å². The Balaban J connectivity index is 2.27. The van der Waals surface area contributed by atoms with Crippen molar-refractivity contribution in [2.75, 3.05) is 20.3 Å². The third kappa shape index (κ3) is 6.17. The second-order valence-corrected chi connectivity index (χ2v) is 4.44. The molecule has 0 radical (unpaired) electrons. The van der Waals surface area contributed by atoms with Gasteiger partial charge in [-0.05, 0) is 38.3 Å².